The number of hydrogen-bond acceptors (Lipinski definition) is 8. The van der Waals surface area contributed by atoms with E-state index in [1.807, 2.05) is 78.1 Å². The number of benzene rings is 1. The number of nitrogens with one attached hydrogen (secondary N) is 2. The second kappa shape index (κ2) is 16.3. The molecule has 4 aromatic rings. The van der Waals surface area contributed by atoms with E-state index in [4.69, 9.17) is 0 Å². The zero-order valence-electron chi connectivity index (χ0n) is 24.3. The Morgan fingerprint density at radius 2 is 1.16 bits per heavy atom. The van der Waals surface area contributed by atoms with Gasteiger partial charge in [0.2, 0.25) is 0 Å². The molecule has 2 atom stereocenters. The first-order valence-corrected chi connectivity index (χ1v) is 16.8. The van der Waals surface area contributed by atoms with Gasteiger partial charge in [0, 0.05) is 37.2 Å². The Kier molecular flexibility index (Phi) is 13.9. The van der Waals surface area contributed by atoms with E-state index in [0.29, 0.717) is 12.1 Å². The molecular formula is C30H42N4S4. The summed E-state index contributed by atoms with van der Waals surface area (Å²) in [7, 11) is 0. The van der Waals surface area contributed by atoms with Gasteiger partial charge < -0.3 is 0 Å². The molecule has 8 heteroatoms. The van der Waals surface area contributed by atoms with Gasteiger partial charge in [-0.2, -0.15) is 8.75 Å². The molecule has 0 spiro atoms. The van der Waals surface area contributed by atoms with Crippen molar-refractivity contribution in [2.24, 2.45) is 0 Å². The van der Waals surface area contributed by atoms with Gasteiger partial charge in [-0.1, -0.05) is 85.2 Å². The molecule has 1 fully saturated rings. The third-order valence-electron chi connectivity index (χ3n) is 5.68. The van der Waals surface area contributed by atoms with Crippen LogP contribution in [0.5, 0.6) is 0 Å². The first-order valence-electron chi connectivity index (χ1n) is 13.7. The van der Waals surface area contributed by atoms with Crippen LogP contribution in [0.2, 0.25) is 0 Å². The summed E-state index contributed by atoms with van der Waals surface area (Å²) in [6.45, 7) is 20.3. The van der Waals surface area contributed by atoms with E-state index in [9.17, 15) is 0 Å². The first kappa shape index (κ1) is 32.4. The van der Waals surface area contributed by atoms with Gasteiger partial charge in [-0.25, -0.2) is 9.44 Å². The minimum absolute atomic E-state index is 0.323. The van der Waals surface area contributed by atoms with Gasteiger partial charge in [0.05, 0.1) is 23.8 Å². The Morgan fingerprint density at radius 1 is 0.605 bits per heavy atom. The number of aromatic nitrogens is 2. The molecular weight excluding hydrogens is 545 g/mol. The zero-order chi connectivity index (χ0) is 28.2. The van der Waals surface area contributed by atoms with Gasteiger partial charge in [-0.15, -0.1) is 22.7 Å². The lowest BCUT2D eigenvalue weighted by molar-refractivity contribution is 0.658. The molecule has 206 valence electrons. The summed E-state index contributed by atoms with van der Waals surface area (Å²) in [5, 5.41) is 0. The van der Waals surface area contributed by atoms with Crippen molar-refractivity contribution in [3.05, 3.63) is 64.6 Å². The number of hydrogen-bond donors (Lipinski definition) is 2. The van der Waals surface area contributed by atoms with Gasteiger partial charge in [-0.3, -0.25) is 0 Å². The fourth-order valence-electron chi connectivity index (χ4n) is 3.99. The largest absolute Gasteiger partial charge is 0.242 e. The fourth-order valence-corrected chi connectivity index (χ4v) is 7.71. The molecule has 3 aromatic heterocycles. The quantitative estimate of drug-likeness (QED) is 0.234. The van der Waals surface area contributed by atoms with Crippen molar-refractivity contribution in [1.29, 1.82) is 0 Å². The standard InChI is InChI=1S/C22H18N4S4.4C2H6/c1-11-3-5-13(21-19(11)23-29-25-21)15-7-9-17(27-15)18-10-8-16(28-18)14-6-4-12(2)20-22(14)26-30-24-20;4*1-2/h3-10,19,21,23,25H,1-2H3;4*1-2H3. The summed E-state index contributed by atoms with van der Waals surface area (Å²) >= 11 is 6.59. The van der Waals surface area contributed by atoms with Crippen molar-refractivity contribution in [1.82, 2.24) is 18.2 Å². The highest BCUT2D eigenvalue weighted by Crippen LogP contribution is 2.42. The highest BCUT2D eigenvalue weighted by atomic mass is 32.2. The average molecular weight is 587 g/mol. The van der Waals surface area contributed by atoms with Gasteiger partial charge in [0.1, 0.15) is 11.0 Å². The van der Waals surface area contributed by atoms with E-state index < -0.39 is 0 Å². The number of nitrogens with zero attached hydrogens (tertiary/aromatic N) is 2. The van der Waals surface area contributed by atoms with Crippen LogP contribution in [0.1, 0.15) is 72.8 Å². The van der Waals surface area contributed by atoms with Gasteiger partial charge in [-0.05, 0) is 49.2 Å². The molecule has 2 aliphatic rings. The van der Waals surface area contributed by atoms with Crippen LogP contribution >= 0.6 is 46.5 Å². The zero-order valence-corrected chi connectivity index (χ0v) is 27.6. The Labute approximate surface area is 246 Å². The molecule has 0 bridgehead atoms. The molecule has 6 rings (SSSR count). The van der Waals surface area contributed by atoms with E-state index >= 15 is 0 Å². The van der Waals surface area contributed by atoms with Crippen molar-refractivity contribution in [3.8, 4) is 20.2 Å². The molecule has 0 radical (unpaired) electrons. The van der Waals surface area contributed by atoms with Gasteiger partial charge >= 0.3 is 0 Å². The number of thiophene rings is 2. The second-order valence-corrected chi connectivity index (χ2v) is 10.9. The number of fused-ring (bicyclic) bond motifs is 2. The molecule has 0 amide bonds. The van der Waals surface area contributed by atoms with Crippen LogP contribution in [0.4, 0.5) is 0 Å². The number of aryl methyl sites for hydroxylation is 1. The van der Waals surface area contributed by atoms with Crippen molar-refractivity contribution in [2.45, 2.75) is 81.3 Å². The van der Waals surface area contributed by atoms with Gasteiger partial charge in [0.25, 0.3) is 0 Å². The molecule has 1 aliphatic heterocycles. The maximum absolute atomic E-state index is 4.55. The minimum Gasteiger partial charge on any atom is -0.242 e. The smallest absolute Gasteiger partial charge is 0.113 e. The van der Waals surface area contributed by atoms with Crippen LogP contribution < -0.4 is 9.44 Å². The fraction of sp³-hybridized carbons (Fsp3) is 0.400. The summed E-state index contributed by atoms with van der Waals surface area (Å²) < 4.78 is 16.0. The molecule has 4 nitrogen and oxygen atoms in total. The SMILES string of the molecule is CC.CC.CC.CC.CC1=CC=C(c2ccc(-c3ccc(-c4ccc(C)c5nsnc45)s3)s2)C2NSNC12. The monoisotopic (exact) mass is 586 g/mol. The van der Waals surface area contributed by atoms with Crippen LogP contribution in [-0.4, -0.2) is 20.8 Å². The summed E-state index contributed by atoms with van der Waals surface area (Å²) in [6.07, 6.45) is 4.51. The highest BCUT2D eigenvalue weighted by molar-refractivity contribution is 7.95. The summed E-state index contributed by atoms with van der Waals surface area (Å²) in [4.78, 5) is 5.18. The molecule has 1 aliphatic carbocycles. The van der Waals surface area contributed by atoms with E-state index in [1.165, 1.54) is 53.5 Å². The van der Waals surface area contributed by atoms with Crippen LogP contribution in [0.3, 0.4) is 0 Å². The van der Waals surface area contributed by atoms with E-state index in [-0.39, 0.29) is 0 Å². The maximum Gasteiger partial charge on any atom is 0.113 e. The molecule has 1 aromatic carbocycles. The highest BCUT2D eigenvalue weighted by Gasteiger charge is 2.34. The van der Waals surface area contributed by atoms with Crippen molar-refractivity contribution in [2.75, 3.05) is 0 Å². The topological polar surface area (TPSA) is 49.8 Å². The molecule has 0 saturated carbocycles. The predicted molar refractivity (Wildman–Crippen MR) is 177 cm³/mol. The van der Waals surface area contributed by atoms with E-state index in [2.05, 4.69) is 80.6 Å². The average Bonchev–Trinajstić information content (AvgIpc) is 3.80. The van der Waals surface area contributed by atoms with Crippen LogP contribution in [0, 0.1) is 6.92 Å². The third kappa shape index (κ3) is 6.84. The van der Waals surface area contributed by atoms with Crippen molar-refractivity contribution >= 4 is 63.1 Å². The molecule has 1 saturated heterocycles. The summed E-state index contributed by atoms with van der Waals surface area (Å²) in [5.74, 6) is 0. The third-order valence-corrected chi connectivity index (χ3v) is 9.40. The maximum atomic E-state index is 4.55. The molecule has 2 unspecified atom stereocenters. The van der Waals surface area contributed by atoms with Crippen molar-refractivity contribution < 1.29 is 0 Å². The number of allylic oxidation sites excluding steroid dienone is 2. The van der Waals surface area contributed by atoms with E-state index in [0.717, 1.165) is 11.0 Å². The van der Waals surface area contributed by atoms with E-state index in [1.54, 1.807) is 12.1 Å². The van der Waals surface area contributed by atoms with Crippen molar-refractivity contribution in [3.63, 3.8) is 0 Å². The Hall–Kier alpha value is -1.81. The number of rotatable bonds is 3. The molecule has 4 heterocycles. The normalized spacial score (nSPS) is 17.2. The Balaban J connectivity index is 0.000000583. The lowest BCUT2D eigenvalue weighted by atomic mass is 9.89. The predicted octanol–water partition coefficient (Wildman–Crippen LogP) is 10.4. The van der Waals surface area contributed by atoms with Gasteiger partial charge in [0.15, 0.2) is 0 Å². The lowest BCUT2D eigenvalue weighted by Gasteiger charge is -2.24. The summed E-state index contributed by atoms with van der Waals surface area (Å²) in [5.41, 5.74) is 7.13. The lowest BCUT2D eigenvalue weighted by Crippen LogP contribution is -2.36. The minimum atomic E-state index is 0.323. The van der Waals surface area contributed by atoms with Crippen LogP contribution in [0.25, 0.3) is 36.8 Å². The summed E-state index contributed by atoms with van der Waals surface area (Å²) in [6, 6.07) is 14.0. The van der Waals surface area contributed by atoms with Crippen LogP contribution in [0.15, 0.2) is 54.1 Å². The molecule has 2 N–H and O–H groups in total. The van der Waals surface area contributed by atoms with Crippen LogP contribution in [-0.2, 0) is 0 Å². The molecule has 38 heavy (non-hydrogen) atoms. The Bertz CT molecular complexity index is 1330. The first-order chi connectivity index (χ1) is 18.7. The second-order valence-electron chi connectivity index (χ2n) is 7.55. The Morgan fingerprint density at radius 3 is 1.84 bits per heavy atom.